The van der Waals surface area contributed by atoms with Crippen LogP contribution in [-0.4, -0.2) is 45.6 Å². The van der Waals surface area contributed by atoms with Crippen molar-refractivity contribution in [1.82, 2.24) is 5.32 Å². The van der Waals surface area contributed by atoms with E-state index in [4.69, 9.17) is 9.84 Å². The molecular weight excluding hydrogens is 298 g/mol. The number of amides is 1. The second kappa shape index (κ2) is 6.88. The zero-order chi connectivity index (χ0) is 16.2. The molecule has 1 heterocycles. The van der Waals surface area contributed by atoms with E-state index in [2.05, 4.69) is 5.32 Å². The first-order valence-corrected chi connectivity index (χ1v) is 7.13. The number of hydrogen-bond acceptors (Lipinski definition) is 6. The van der Waals surface area contributed by atoms with Gasteiger partial charge in [-0.2, -0.15) is 0 Å². The maximum atomic E-state index is 11.4. The molecule has 1 aromatic rings. The molecule has 1 amide bonds. The maximum absolute atomic E-state index is 11.4. The standard InChI is InChI=1S/C13H19NO6S/c1-13(2,3)20-12(19)14-5-8(15)10(16)9-4-7(6-21-9)11(17)18/h4,6,8,10,15-16H,5H2,1-3H3,(H,14,19)(H,17,18). The van der Waals surface area contributed by atoms with Crippen LogP contribution in [0.5, 0.6) is 0 Å². The highest BCUT2D eigenvalue weighted by atomic mass is 32.1. The Bertz CT molecular complexity index is 507. The number of ether oxygens (including phenoxy) is 1. The lowest BCUT2D eigenvalue weighted by Crippen LogP contribution is -2.38. The molecule has 0 radical (unpaired) electrons. The number of aromatic carboxylic acids is 1. The van der Waals surface area contributed by atoms with Crippen molar-refractivity contribution >= 4 is 23.4 Å². The second-order valence-electron chi connectivity index (χ2n) is 5.44. The molecule has 4 N–H and O–H groups in total. The largest absolute Gasteiger partial charge is 0.478 e. The second-order valence-corrected chi connectivity index (χ2v) is 6.38. The van der Waals surface area contributed by atoms with Crippen LogP contribution in [0, 0.1) is 0 Å². The number of carboxylic acid groups (broad SMARTS) is 1. The summed E-state index contributed by atoms with van der Waals surface area (Å²) in [6.45, 7) is 4.90. The Balaban J connectivity index is 2.52. The van der Waals surface area contributed by atoms with E-state index in [1.165, 1.54) is 11.4 Å². The summed E-state index contributed by atoms with van der Waals surface area (Å²) < 4.78 is 4.99. The first-order valence-electron chi connectivity index (χ1n) is 6.25. The van der Waals surface area contributed by atoms with E-state index >= 15 is 0 Å². The zero-order valence-corrected chi connectivity index (χ0v) is 12.8. The molecule has 0 bridgehead atoms. The Labute approximate surface area is 126 Å². The quantitative estimate of drug-likeness (QED) is 0.652. The number of nitrogens with one attached hydrogen (secondary N) is 1. The number of thiophene rings is 1. The normalized spacial score (nSPS) is 14.3. The Morgan fingerprint density at radius 3 is 2.48 bits per heavy atom. The van der Waals surface area contributed by atoms with Crippen molar-refractivity contribution in [2.45, 2.75) is 38.6 Å². The van der Waals surface area contributed by atoms with E-state index in [1.54, 1.807) is 20.8 Å². The molecule has 0 aliphatic rings. The first kappa shape index (κ1) is 17.4. The SMILES string of the molecule is CC(C)(C)OC(=O)NCC(O)C(O)c1cc(C(=O)O)cs1. The molecule has 118 valence electrons. The summed E-state index contributed by atoms with van der Waals surface area (Å²) in [4.78, 5) is 22.5. The highest BCUT2D eigenvalue weighted by molar-refractivity contribution is 7.10. The molecule has 8 heteroatoms. The third-order valence-corrected chi connectivity index (χ3v) is 3.38. The van der Waals surface area contributed by atoms with Crippen LogP contribution in [0.1, 0.15) is 42.1 Å². The predicted octanol–water partition coefficient (Wildman–Crippen LogP) is 1.37. The van der Waals surface area contributed by atoms with Gasteiger partial charge in [0, 0.05) is 16.8 Å². The molecule has 0 aromatic carbocycles. The van der Waals surface area contributed by atoms with E-state index < -0.39 is 29.9 Å². The fraction of sp³-hybridized carbons (Fsp3) is 0.538. The average Bonchev–Trinajstić information content (AvgIpc) is 2.82. The van der Waals surface area contributed by atoms with Gasteiger partial charge in [-0.25, -0.2) is 9.59 Å². The van der Waals surface area contributed by atoms with E-state index in [1.807, 2.05) is 0 Å². The van der Waals surface area contributed by atoms with Gasteiger partial charge in [-0.1, -0.05) is 0 Å². The third-order valence-electron chi connectivity index (χ3n) is 2.38. The first-order chi connectivity index (χ1) is 9.60. The number of carboxylic acids is 1. The summed E-state index contributed by atoms with van der Waals surface area (Å²) in [5, 5.41) is 32.2. The molecule has 2 atom stereocenters. The Hall–Kier alpha value is -1.64. The molecular formula is C13H19NO6S. The molecule has 2 unspecified atom stereocenters. The van der Waals surface area contributed by atoms with Gasteiger partial charge in [-0.15, -0.1) is 11.3 Å². The van der Waals surface area contributed by atoms with Crippen molar-refractivity contribution in [3.05, 3.63) is 21.9 Å². The molecule has 0 spiro atoms. The van der Waals surface area contributed by atoms with Crippen LogP contribution in [0.15, 0.2) is 11.4 Å². The predicted molar refractivity (Wildman–Crippen MR) is 76.5 cm³/mol. The number of hydrogen-bond donors (Lipinski definition) is 4. The third kappa shape index (κ3) is 5.70. The minimum atomic E-state index is -1.28. The Kier molecular flexibility index (Phi) is 5.70. The highest BCUT2D eigenvalue weighted by Crippen LogP contribution is 2.24. The summed E-state index contributed by atoms with van der Waals surface area (Å²) in [7, 11) is 0. The number of rotatable bonds is 5. The van der Waals surface area contributed by atoms with Crippen molar-refractivity contribution < 1.29 is 29.6 Å². The van der Waals surface area contributed by atoms with Crippen LogP contribution in [-0.2, 0) is 4.74 Å². The summed E-state index contributed by atoms with van der Waals surface area (Å²) >= 11 is 1.02. The van der Waals surface area contributed by atoms with Crippen molar-refractivity contribution in [3.8, 4) is 0 Å². The number of aliphatic hydroxyl groups is 2. The lowest BCUT2D eigenvalue weighted by Gasteiger charge is -2.21. The minimum absolute atomic E-state index is 0.0429. The Morgan fingerprint density at radius 2 is 2.00 bits per heavy atom. The van der Waals surface area contributed by atoms with Gasteiger partial charge in [0.15, 0.2) is 0 Å². The number of carbonyl (C=O) groups excluding carboxylic acids is 1. The van der Waals surface area contributed by atoms with Crippen molar-refractivity contribution in [1.29, 1.82) is 0 Å². The zero-order valence-electron chi connectivity index (χ0n) is 12.0. The fourth-order valence-corrected chi connectivity index (χ4v) is 2.35. The van der Waals surface area contributed by atoms with Gasteiger partial charge < -0.3 is 25.4 Å². The molecule has 21 heavy (non-hydrogen) atoms. The molecule has 0 aliphatic heterocycles. The van der Waals surface area contributed by atoms with Gasteiger partial charge in [0.05, 0.1) is 5.56 Å². The molecule has 0 fully saturated rings. The summed E-state index contributed by atoms with van der Waals surface area (Å²) in [6, 6.07) is 1.29. The molecule has 0 aliphatic carbocycles. The topological polar surface area (TPSA) is 116 Å². The minimum Gasteiger partial charge on any atom is -0.478 e. The van der Waals surface area contributed by atoms with E-state index in [0.29, 0.717) is 4.88 Å². The van der Waals surface area contributed by atoms with Crippen LogP contribution in [0.3, 0.4) is 0 Å². The van der Waals surface area contributed by atoms with Crippen LogP contribution in [0.4, 0.5) is 4.79 Å². The van der Waals surface area contributed by atoms with Gasteiger partial charge >= 0.3 is 12.1 Å². The number of carbonyl (C=O) groups is 2. The van der Waals surface area contributed by atoms with Crippen LogP contribution >= 0.6 is 11.3 Å². The average molecular weight is 317 g/mol. The number of alkyl carbamates (subject to hydrolysis) is 1. The number of aliphatic hydroxyl groups excluding tert-OH is 2. The van der Waals surface area contributed by atoms with Gasteiger partial charge in [-0.05, 0) is 26.8 Å². The van der Waals surface area contributed by atoms with Crippen LogP contribution < -0.4 is 5.32 Å². The van der Waals surface area contributed by atoms with Crippen LogP contribution in [0.2, 0.25) is 0 Å². The smallest absolute Gasteiger partial charge is 0.407 e. The molecule has 0 saturated carbocycles. The lowest BCUT2D eigenvalue weighted by molar-refractivity contribution is 0.0146. The van der Waals surface area contributed by atoms with E-state index in [0.717, 1.165) is 11.3 Å². The van der Waals surface area contributed by atoms with Crippen molar-refractivity contribution in [3.63, 3.8) is 0 Å². The summed E-state index contributed by atoms with van der Waals surface area (Å²) in [6.07, 6.45) is -3.25. The summed E-state index contributed by atoms with van der Waals surface area (Å²) in [5.41, 5.74) is -0.612. The fourth-order valence-electron chi connectivity index (χ4n) is 1.42. The van der Waals surface area contributed by atoms with E-state index in [9.17, 15) is 19.8 Å². The molecule has 1 aromatic heterocycles. The molecule has 1 rings (SSSR count). The maximum Gasteiger partial charge on any atom is 0.407 e. The van der Waals surface area contributed by atoms with Crippen molar-refractivity contribution in [2.24, 2.45) is 0 Å². The highest BCUT2D eigenvalue weighted by Gasteiger charge is 2.23. The van der Waals surface area contributed by atoms with Crippen molar-refractivity contribution in [2.75, 3.05) is 6.54 Å². The lowest BCUT2D eigenvalue weighted by atomic mass is 10.1. The molecule has 0 saturated heterocycles. The van der Waals surface area contributed by atoms with Gasteiger partial charge in [0.2, 0.25) is 0 Å². The molecule has 7 nitrogen and oxygen atoms in total. The monoisotopic (exact) mass is 317 g/mol. The van der Waals surface area contributed by atoms with Gasteiger partial charge in [0.25, 0.3) is 0 Å². The van der Waals surface area contributed by atoms with E-state index in [-0.39, 0.29) is 12.1 Å². The summed E-state index contributed by atoms with van der Waals surface area (Å²) in [5.74, 6) is -1.11. The van der Waals surface area contributed by atoms with Gasteiger partial charge in [0.1, 0.15) is 17.8 Å². The van der Waals surface area contributed by atoms with Gasteiger partial charge in [-0.3, -0.25) is 0 Å². The Morgan fingerprint density at radius 1 is 1.38 bits per heavy atom. The van der Waals surface area contributed by atoms with Crippen LogP contribution in [0.25, 0.3) is 0 Å².